The minimum Gasteiger partial charge on any atom is -0.442 e. The quantitative estimate of drug-likeness (QED) is 0.622. The Morgan fingerprint density at radius 1 is 1.45 bits per heavy atom. The topological polar surface area (TPSA) is 17.8 Å². The van der Waals surface area contributed by atoms with Gasteiger partial charge in [0.25, 0.3) is 0 Å². The van der Waals surface area contributed by atoms with Crippen molar-refractivity contribution in [2.75, 3.05) is 0 Å². The first-order valence-corrected chi connectivity index (χ1v) is 4.46. The Morgan fingerprint density at radius 2 is 2.27 bits per heavy atom. The molecule has 2 rings (SSSR count). The average molecular weight is 223 g/mol. The fraction of sp³-hybridized carbons (Fsp3) is 0. The molecule has 0 saturated carbocycles. The van der Waals surface area contributed by atoms with E-state index in [9.17, 15) is 0 Å². The summed E-state index contributed by atoms with van der Waals surface area (Å²) in [6, 6.07) is 6.03. The third-order valence-corrected chi connectivity index (χ3v) is 2.44. The number of rotatable bonds is 0. The zero-order chi connectivity index (χ0) is 7.84. The Hall–Kier alpha value is -0.298. The van der Waals surface area contributed by atoms with Gasteiger partial charge in [-0.3, -0.25) is 0 Å². The number of imidazole rings is 1. The van der Waals surface area contributed by atoms with Crippen LogP contribution >= 0.6 is 15.9 Å². The Kier molecular flexibility index (Phi) is 1.76. The zero-order valence-electron chi connectivity index (χ0n) is 5.66. The van der Waals surface area contributed by atoms with Gasteiger partial charge in [-0.1, -0.05) is 15.9 Å². The van der Waals surface area contributed by atoms with Crippen molar-refractivity contribution in [1.29, 1.82) is 0 Å². The van der Waals surface area contributed by atoms with Gasteiger partial charge in [-0.2, -0.15) is 0 Å². The van der Waals surface area contributed by atoms with Crippen molar-refractivity contribution in [2.24, 2.45) is 0 Å². The van der Waals surface area contributed by atoms with Crippen LogP contribution in [0.15, 0.2) is 29.0 Å². The van der Waals surface area contributed by atoms with Crippen LogP contribution in [0.2, 0.25) is 0 Å². The molecule has 2 radical (unpaired) electrons. The molecule has 1 heterocycles. The SMILES string of the molecule is [Al][n]1cnc2cc(Br)ccc21. The molecule has 0 unspecified atom stereocenters. The molecule has 0 bridgehead atoms. The van der Waals surface area contributed by atoms with Gasteiger partial charge in [0.05, 0.1) is 11.8 Å². The van der Waals surface area contributed by atoms with E-state index in [2.05, 4.69) is 37.4 Å². The van der Waals surface area contributed by atoms with Gasteiger partial charge in [-0.05, 0) is 18.2 Å². The summed E-state index contributed by atoms with van der Waals surface area (Å²) in [6.45, 7) is 0. The van der Waals surface area contributed by atoms with E-state index in [4.69, 9.17) is 0 Å². The van der Waals surface area contributed by atoms with Crippen LogP contribution in [0.4, 0.5) is 0 Å². The summed E-state index contributed by atoms with van der Waals surface area (Å²) in [6.07, 6.45) is 1.78. The van der Waals surface area contributed by atoms with Crippen molar-refractivity contribution >= 4 is 43.5 Å². The summed E-state index contributed by atoms with van der Waals surface area (Å²) in [4.78, 5) is 4.19. The van der Waals surface area contributed by atoms with E-state index in [0.717, 1.165) is 15.5 Å². The van der Waals surface area contributed by atoms with Gasteiger partial charge in [0.2, 0.25) is 0 Å². The highest BCUT2D eigenvalue weighted by Gasteiger charge is 1.96. The summed E-state index contributed by atoms with van der Waals surface area (Å²) in [5, 5.41) is 0. The first kappa shape index (κ1) is 7.36. The molecular formula is C7H4AlBrN2. The third kappa shape index (κ3) is 1.22. The second-order valence-corrected chi connectivity index (χ2v) is 3.76. The smallest absolute Gasteiger partial charge is 0.319 e. The largest absolute Gasteiger partial charge is 0.442 e. The van der Waals surface area contributed by atoms with E-state index >= 15 is 0 Å². The first-order chi connectivity index (χ1) is 5.27. The second-order valence-electron chi connectivity index (χ2n) is 2.28. The molecule has 2 nitrogen and oxygen atoms in total. The summed E-state index contributed by atoms with van der Waals surface area (Å²) >= 11 is 5.97. The molecule has 0 fully saturated rings. The summed E-state index contributed by atoms with van der Waals surface area (Å²) in [7, 11) is 0. The number of aromatic nitrogens is 2. The number of fused-ring (bicyclic) bond motifs is 1. The lowest BCUT2D eigenvalue weighted by Gasteiger charge is -1.94. The van der Waals surface area contributed by atoms with Crippen LogP contribution in [0, 0.1) is 0 Å². The molecule has 4 heteroatoms. The fourth-order valence-corrected chi connectivity index (χ4v) is 1.64. The van der Waals surface area contributed by atoms with Crippen LogP contribution in [0.25, 0.3) is 11.0 Å². The molecule has 0 spiro atoms. The molecule has 11 heavy (non-hydrogen) atoms. The highest BCUT2D eigenvalue weighted by atomic mass is 79.9. The molecule has 52 valence electrons. The minimum atomic E-state index is 1.01. The molecule has 0 aliphatic rings. The van der Waals surface area contributed by atoms with Crippen LogP contribution in [0.1, 0.15) is 0 Å². The van der Waals surface area contributed by atoms with Crippen LogP contribution in [0.5, 0.6) is 0 Å². The predicted octanol–water partition coefficient (Wildman–Crippen LogP) is 1.73. The lowest BCUT2D eigenvalue weighted by molar-refractivity contribution is 1.25. The molecule has 0 amide bonds. The molecule has 0 aliphatic carbocycles. The molecule has 2 aromatic rings. The highest BCUT2D eigenvalue weighted by Crippen LogP contribution is 2.17. The van der Waals surface area contributed by atoms with E-state index < -0.39 is 0 Å². The van der Waals surface area contributed by atoms with Crippen molar-refractivity contribution in [2.45, 2.75) is 0 Å². The molecule has 0 atom stereocenters. The Balaban J connectivity index is 2.86. The molecule has 0 N–H and O–H groups in total. The number of hydrogen-bond acceptors (Lipinski definition) is 1. The molecule has 1 aromatic heterocycles. The standard InChI is InChI=1S/C7H4BrN2.Al/c8-5-1-2-6-7(3-5)10-4-9-6;/h1-4H;/q-1;+1. The summed E-state index contributed by atoms with van der Waals surface area (Å²) < 4.78 is 2.98. The van der Waals surface area contributed by atoms with Crippen LogP contribution in [0.3, 0.4) is 0 Å². The maximum absolute atomic E-state index is 4.19. The zero-order valence-corrected chi connectivity index (χ0v) is 8.40. The van der Waals surface area contributed by atoms with E-state index in [0.29, 0.717) is 0 Å². The number of benzene rings is 1. The van der Waals surface area contributed by atoms with Gasteiger partial charge in [0, 0.05) is 9.99 Å². The lowest BCUT2D eigenvalue weighted by atomic mass is 10.3. The van der Waals surface area contributed by atoms with E-state index in [1.807, 2.05) is 21.7 Å². The van der Waals surface area contributed by atoms with Crippen LogP contribution < -0.4 is 0 Å². The van der Waals surface area contributed by atoms with Crippen molar-refractivity contribution < 1.29 is 0 Å². The minimum absolute atomic E-state index is 1.01. The van der Waals surface area contributed by atoms with Crippen LogP contribution in [-0.4, -0.2) is 25.0 Å². The number of hydrogen-bond donors (Lipinski definition) is 0. The Morgan fingerprint density at radius 3 is 3.09 bits per heavy atom. The maximum atomic E-state index is 4.19. The predicted molar refractivity (Wildman–Crippen MR) is 48.6 cm³/mol. The van der Waals surface area contributed by atoms with Gasteiger partial charge in [0.15, 0.2) is 0 Å². The van der Waals surface area contributed by atoms with Crippen molar-refractivity contribution in [3.8, 4) is 0 Å². The van der Waals surface area contributed by atoms with E-state index in [1.54, 1.807) is 6.33 Å². The molecule has 0 saturated heterocycles. The maximum Gasteiger partial charge on any atom is 0.319 e. The highest BCUT2D eigenvalue weighted by molar-refractivity contribution is 9.10. The second kappa shape index (κ2) is 2.63. The fourth-order valence-electron chi connectivity index (χ4n) is 1.00. The third-order valence-electron chi connectivity index (χ3n) is 1.54. The van der Waals surface area contributed by atoms with E-state index in [1.165, 1.54) is 0 Å². The monoisotopic (exact) mass is 222 g/mol. The lowest BCUT2D eigenvalue weighted by Crippen LogP contribution is -1.86. The Labute approximate surface area is 81.0 Å². The van der Waals surface area contributed by atoms with Crippen molar-refractivity contribution in [1.82, 2.24) is 8.53 Å². The van der Waals surface area contributed by atoms with Gasteiger partial charge < -0.3 is 3.55 Å². The van der Waals surface area contributed by atoms with E-state index in [-0.39, 0.29) is 0 Å². The summed E-state index contributed by atoms with van der Waals surface area (Å²) in [5.41, 5.74) is 2.13. The number of nitrogens with zero attached hydrogens (tertiary/aromatic N) is 2. The first-order valence-electron chi connectivity index (χ1n) is 3.15. The average Bonchev–Trinajstić information content (AvgIpc) is 2.32. The molecule has 1 aromatic carbocycles. The number of halogens is 1. The normalized spacial score (nSPS) is 10.6. The molecular weight excluding hydrogens is 219 g/mol. The van der Waals surface area contributed by atoms with Gasteiger partial charge in [-0.25, -0.2) is 4.98 Å². The van der Waals surface area contributed by atoms with Gasteiger partial charge in [-0.15, -0.1) is 0 Å². The van der Waals surface area contributed by atoms with Crippen molar-refractivity contribution in [3.05, 3.63) is 29.0 Å². The Bertz CT molecular complexity index is 396. The van der Waals surface area contributed by atoms with Crippen molar-refractivity contribution in [3.63, 3.8) is 0 Å². The molecule has 0 aliphatic heterocycles. The summed E-state index contributed by atoms with van der Waals surface area (Å²) in [5.74, 6) is 0. The van der Waals surface area contributed by atoms with Gasteiger partial charge in [0.1, 0.15) is 0 Å². The van der Waals surface area contributed by atoms with Crippen LogP contribution in [-0.2, 0) is 0 Å². The van der Waals surface area contributed by atoms with Gasteiger partial charge >= 0.3 is 16.5 Å².